The third kappa shape index (κ3) is 7.76. The topological polar surface area (TPSA) is 84.2 Å². The first kappa shape index (κ1) is 18.4. The van der Waals surface area contributed by atoms with Gasteiger partial charge in [-0.25, -0.2) is 0 Å². The molecule has 0 aliphatic rings. The second-order valence-electron chi connectivity index (χ2n) is 4.22. The molecule has 1 rings (SSSR count). The SMILES string of the molecule is Cl.NCCCNC(=O)CCCNC(=O)c1ccccc1. The van der Waals surface area contributed by atoms with Gasteiger partial charge in [-0.1, -0.05) is 18.2 Å². The fraction of sp³-hybridized carbons (Fsp3) is 0.429. The zero-order valence-corrected chi connectivity index (χ0v) is 12.2. The molecular weight excluding hydrogens is 278 g/mol. The zero-order chi connectivity index (χ0) is 13.9. The maximum atomic E-state index is 11.7. The lowest BCUT2D eigenvalue weighted by molar-refractivity contribution is -0.121. The molecule has 0 aliphatic carbocycles. The molecule has 0 unspecified atom stereocenters. The first-order chi connectivity index (χ1) is 9.24. The summed E-state index contributed by atoms with van der Waals surface area (Å²) < 4.78 is 0. The minimum absolute atomic E-state index is 0. The summed E-state index contributed by atoms with van der Waals surface area (Å²) in [6, 6.07) is 9.02. The van der Waals surface area contributed by atoms with Gasteiger partial charge in [-0.3, -0.25) is 9.59 Å². The van der Waals surface area contributed by atoms with Crippen molar-refractivity contribution < 1.29 is 9.59 Å². The molecule has 0 fully saturated rings. The Labute approximate surface area is 125 Å². The zero-order valence-electron chi connectivity index (χ0n) is 11.4. The van der Waals surface area contributed by atoms with Gasteiger partial charge in [0.2, 0.25) is 5.91 Å². The van der Waals surface area contributed by atoms with Gasteiger partial charge >= 0.3 is 0 Å². The first-order valence-electron chi connectivity index (χ1n) is 6.54. The summed E-state index contributed by atoms with van der Waals surface area (Å²) in [6.45, 7) is 1.69. The van der Waals surface area contributed by atoms with Gasteiger partial charge in [0.05, 0.1) is 0 Å². The third-order valence-corrected chi connectivity index (χ3v) is 2.61. The van der Waals surface area contributed by atoms with Gasteiger partial charge in [0, 0.05) is 25.1 Å². The van der Waals surface area contributed by atoms with Crippen LogP contribution in [0.2, 0.25) is 0 Å². The number of carbonyl (C=O) groups excluding carboxylic acids is 2. The van der Waals surface area contributed by atoms with Crippen LogP contribution in [0.4, 0.5) is 0 Å². The Morgan fingerprint density at radius 3 is 2.30 bits per heavy atom. The molecule has 5 nitrogen and oxygen atoms in total. The van der Waals surface area contributed by atoms with E-state index in [0.717, 1.165) is 6.42 Å². The maximum absolute atomic E-state index is 11.7. The molecule has 0 bridgehead atoms. The van der Waals surface area contributed by atoms with Crippen molar-refractivity contribution in [3.8, 4) is 0 Å². The highest BCUT2D eigenvalue weighted by atomic mass is 35.5. The Morgan fingerprint density at radius 2 is 1.65 bits per heavy atom. The van der Waals surface area contributed by atoms with Crippen LogP contribution in [0.15, 0.2) is 30.3 Å². The van der Waals surface area contributed by atoms with Crippen molar-refractivity contribution in [2.45, 2.75) is 19.3 Å². The van der Waals surface area contributed by atoms with E-state index in [1.165, 1.54) is 0 Å². The van der Waals surface area contributed by atoms with Gasteiger partial charge in [-0.15, -0.1) is 12.4 Å². The van der Waals surface area contributed by atoms with Crippen molar-refractivity contribution in [3.63, 3.8) is 0 Å². The summed E-state index contributed by atoms with van der Waals surface area (Å²) in [5, 5.41) is 5.55. The molecule has 0 saturated heterocycles. The molecule has 6 heteroatoms. The van der Waals surface area contributed by atoms with Crippen LogP contribution in [-0.4, -0.2) is 31.4 Å². The number of amides is 2. The molecule has 2 amide bonds. The lowest BCUT2D eigenvalue weighted by atomic mass is 10.2. The van der Waals surface area contributed by atoms with E-state index >= 15 is 0 Å². The Bertz CT molecular complexity index is 399. The molecule has 0 saturated carbocycles. The molecule has 0 aliphatic heterocycles. The van der Waals surface area contributed by atoms with E-state index in [1.807, 2.05) is 18.2 Å². The van der Waals surface area contributed by atoms with Gasteiger partial charge in [0.15, 0.2) is 0 Å². The lowest BCUT2D eigenvalue weighted by Gasteiger charge is -2.06. The summed E-state index contributed by atoms with van der Waals surface area (Å²) >= 11 is 0. The number of hydrogen-bond donors (Lipinski definition) is 3. The van der Waals surface area contributed by atoms with Crippen LogP contribution in [-0.2, 0) is 4.79 Å². The molecule has 0 spiro atoms. The van der Waals surface area contributed by atoms with E-state index in [4.69, 9.17) is 5.73 Å². The Balaban J connectivity index is 0.00000361. The normalized spacial score (nSPS) is 9.45. The average Bonchev–Trinajstić information content (AvgIpc) is 2.44. The predicted octanol–water partition coefficient (Wildman–Crippen LogP) is 1.08. The van der Waals surface area contributed by atoms with Gasteiger partial charge in [0.25, 0.3) is 5.91 Å². The van der Waals surface area contributed by atoms with Crippen molar-refractivity contribution in [2.24, 2.45) is 5.73 Å². The van der Waals surface area contributed by atoms with Gasteiger partial charge in [0.1, 0.15) is 0 Å². The van der Waals surface area contributed by atoms with E-state index in [-0.39, 0.29) is 24.2 Å². The van der Waals surface area contributed by atoms with Gasteiger partial charge < -0.3 is 16.4 Å². The predicted molar refractivity (Wildman–Crippen MR) is 81.9 cm³/mol. The molecule has 0 heterocycles. The standard InChI is InChI=1S/C14H21N3O2.ClH/c15-9-5-11-16-13(18)8-4-10-17-14(19)12-6-2-1-3-7-12;/h1-3,6-7H,4-5,8-11,15H2,(H,16,18)(H,17,19);1H. The molecule has 0 atom stereocenters. The van der Waals surface area contributed by atoms with Crippen molar-refractivity contribution in [1.82, 2.24) is 10.6 Å². The molecule has 1 aromatic carbocycles. The largest absolute Gasteiger partial charge is 0.356 e. The van der Waals surface area contributed by atoms with Crippen molar-refractivity contribution in [3.05, 3.63) is 35.9 Å². The number of halogens is 1. The fourth-order valence-electron chi connectivity index (χ4n) is 1.56. The van der Waals surface area contributed by atoms with Crippen LogP contribution < -0.4 is 16.4 Å². The molecule has 0 radical (unpaired) electrons. The van der Waals surface area contributed by atoms with Gasteiger partial charge in [-0.05, 0) is 31.5 Å². The van der Waals surface area contributed by atoms with E-state index < -0.39 is 0 Å². The summed E-state index contributed by atoms with van der Waals surface area (Å²) in [4.78, 5) is 23.0. The van der Waals surface area contributed by atoms with E-state index in [1.54, 1.807) is 12.1 Å². The number of carbonyl (C=O) groups is 2. The van der Waals surface area contributed by atoms with Crippen molar-refractivity contribution in [1.29, 1.82) is 0 Å². The Morgan fingerprint density at radius 1 is 1.00 bits per heavy atom. The summed E-state index contributed by atoms with van der Waals surface area (Å²) in [6.07, 6.45) is 1.84. The van der Waals surface area contributed by atoms with E-state index in [0.29, 0.717) is 38.0 Å². The Hall–Kier alpha value is -1.59. The van der Waals surface area contributed by atoms with E-state index in [2.05, 4.69) is 10.6 Å². The Kier molecular flexibility index (Phi) is 10.4. The number of rotatable bonds is 8. The smallest absolute Gasteiger partial charge is 0.251 e. The van der Waals surface area contributed by atoms with Crippen LogP contribution in [0.5, 0.6) is 0 Å². The molecular formula is C14H22ClN3O2. The monoisotopic (exact) mass is 299 g/mol. The van der Waals surface area contributed by atoms with E-state index in [9.17, 15) is 9.59 Å². The average molecular weight is 300 g/mol. The van der Waals surface area contributed by atoms with Crippen LogP contribution in [0.1, 0.15) is 29.6 Å². The lowest BCUT2D eigenvalue weighted by Crippen LogP contribution is -2.28. The van der Waals surface area contributed by atoms with Crippen molar-refractivity contribution in [2.75, 3.05) is 19.6 Å². The quantitative estimate of drug-likeness (QED) is 0.628. The second kappa shape index (κ2) is 11.3. The highest BCUT2D eigenvalue weighted by Gasteiger charge is 2.04. The highest BCUT2D eigenvalue weighted by molar-refractivity contribution is 5.94. The third-order valence-electron chi connectivity index (χ3n) is 2.61. The molecule has 0 aromatic heterocycles. The van der Waals surface area contributed by atoms with Gasteiger partial charge in [-0.2, -0.15) is 0 Å². The number of nitrogens with two attached hydrogens (primary N) is 1. The van der Waals surface area contributed by atoms with Crippen LogP contribution in [0, 0.1) is 0 Å². The first-order valence-corrected chi connectivity index (χ1v) is 6.54. The van der Waals surface area contributed by atoms with Crippen LogP contribution in [0.25, 0.3) is 0 Å². The molecule has 1 aromatic rings. The number of benzene rings is 1. The summed E-state index contributed by atoms with van der Waals surface area (Å²) in [7, 11) is 0. The highest BCUT2D eigenvalue weighted by Crippen LogP contribution is 1.98. The van der Waals surface area contributed by atoms with Crippen LogP contribution >= 0.6 is 12.4 Å². The van der Waals surface area contributed by atoms with Crippen LogP contribution in [0.3, 0.4) is 0 Å². The summed E-state index contributed by atoms with van der Waals surface area (Å²) in [5.74, 6) is -0.105. The second-order valence-corrected chi connectivity index (χ2v) is 4.22. The minimum atomic E-state index is -0.107. The number of nitrogens with one attached hydrogen (secondary N) is 2. The fourth-order valence-corrected chi connectivity index (χ4v) is 1.56. The number of hydrogen-bond acceptors (Lipinski definition) is 3. The summed E-state index contributed by atoms with van der Waals surface area (Å²) in [5.41, 5.74) is 5.96. The van der Waals surface area contributed by atoms with Crippen molar-refractivity contribution >= 4 is 24.2 Å². The molecule has 4 N–H and O–H groups in total. The molecule has 112 valence electrons. The maximum Gasteiger partial charge on any atom is 0.251 e. The minimum Gasteiger partial charge on any atom is -0.356 e. The molecule has 20 heavy (non-hydrogen) atoms.